The number of ether oxygens (including phenoxy) is 1. The highest BCUT2D eigenvalue weighted by Gasteiger charge is 2.39. The maximum atomic E-state index is 12.6. The van der Waals surface area contributed by atoms with Gasteiger partial charge in [-0.15, -0.1) is 0 Å². The lowest BCUT2D eigenvalue weighted by atomic mass is 9.83. The van der Waals surface area contributed by atoms with E-state index in [4.69, 9.17) is 4.74 Å². The predicted octanol–water partition coefficient (Wildman–Crippen LogP) is 4.64. The van der Waals surface area contributed by atoms with Crippen molar-refractivity contribution in [2.75, 3.05) is 0 Å². The summed E-state index contributed by atoms with van der Waals surface area (Å²) in [4.78, 5) is 19.3. The summed E-state index contributed by atoms with van der Waals surface area (Å²) >= 11 is 0. The highest BCUT2D eigenvalue weighted by molar-refractivity contribution is 5.74. The Kier molecular flexibility index (Phi) is 4.41. The Hall–Kier alpha value is -1.84. The first kappa shape index (κ1) is 17.0. The first-order chi connectivity index (χ1) is 11.2. The SMILES string of the molecule is Cc1cnc(C2=CC3CCCC(C2)N3C(=O)OC(C)(C)C)c(C)c1. The zero-order valence-electron chi connectivity index (χ0n) is 15.4. The topological polar surface area (TPSA) is 42.4 Å². The molecule has 4 heteroatoms. The Morgan fingerprint density at radius 1 is 1.29 bits per heavy atom. The van der Waals surface area contributed by atoms with Crippen molar-refractivity contribution in [1.29, 1.82) is 0 Å². The van der Waals surface area contributed by atoms with E-state index in [9.17, 15) is 4.79 Å². The average Bonchev–Trinajstić information content (AvgIpc) is 2.44. The van der Waals surface area contributed by atoms with Crippen molar-refractivity contribution in [3.63, 3.8) is 0 Å². The van der Waals surface area contributed by atoms with Crippen LogP contribution in [0, 0.1) is 13.8 Å². The van der Waals surface area contributed by atoms with Gasteiger partial charge in [-0.2, -0.15) is 0 Å². The molecule has 3 heterocycles. The van der Waals surface area contributed by atoms with Crippen LogP contribution in [-0.2, 0) is 4.74 Å². The smallest absolute Gasteiger partial charge is 0.411 e. The normalized spacial score (nSPS) is 23.7. The van der Waals surface area contributed by atoms with Crippen molar-refractivity contribution in [2.24, 2.45) is 0 Å². The molecule has 2 atom stereocenters. The number of piperidine rings is 1. The fourth-order valence-electron chi connectivity index (χ4n) is 3.86. The number of amides is 1. The molecule has 2 unspecified atom stereocenters. The van der Waals surface area contributed by atoms with Gasteiger partial charge >= 0.3 is 6.09 Å². The average molecular weight is 328 g/mol. The molecule has 24 heavy (non-hydrogen) atoms. The summed E-state index contributed by atoms with van der Waals surface area (Å²) in [7, 11) is 0. The fraction of sp³-hybridized carbons (Fsp3) is 0.600. The van der Waals surface area contributed by atoms with Crippen LogP contribution in [0.1, 0.15) is 63.3 Å². The molecule has 0 saturated carbocycles. The molecule has 0 radical (unpaired) electrons. The van der Waals surface area contributed by atoms with Gasteiger partial charge in [0.15, 0.2) is 0 Å². The number of pyridine rings is 1. The second kappa shape index (κ2) is 6.23. The molecular weight excluding hydrogens is 300 g/mol. The summed E-state index contributed by atoms with van der Waals surface area (Å²) < 4.78 is 5.64. The van der Waals surface area contributed by atoms with E-state index in [0.717, 1.165) is 25.0 Å². The van der Waals surface area contributed by atoms with E-state index < -0.39 is 5.60 Å². The number of carbonyl (C=O) groups excluding carboxylic acids is 1. The molecule has 1 aromatic rings. The highest BCUT2D eigenvalue weighted by Crippen LogP contribution is 2.38. The zero-order valence-corrected chi connectivity index (χ0v) is 15.4. The number of aromatic nitrogens is 1. The number of rotatable bonds is 1. The molecule has 0 aliphatic carbocycles. The molecule has 0 N–H and O–H groups in total. The number of nitrogens with zero attached hydrogens (tertiary/aromatic N) is 2. The van der Waals surface area contributed by atoms with Gasteiger partial charge in [0.2, 0.25) is 0 Å². The molecule has 2 bridgehead atoms. The Bertz CT molecular complexity index is 673. The summed E-state index contributed by atoms with van der Waals surface area (Å²) in [5.74, 6) is 0. The Labute approximate surface area is 144 Å². The van der Waals surface area contributed by atoms with Crippen LogP contribution in [0.25, 0.3) is 5.57 Å². The van der Waals surface area contributed by atoms with Gasteiger partial charge < -0.3 is 4.74 Å². The maximum Gasteiger partial charge on any atom is 0.411 e. The zero-order chi connectivity index (χ0) is 17.5. The molecule has 1 saturated heterocycles. The monoisotopic (exact) mass is 328 g/mol. The molecule has 0 aromatic carbocycles. The van der Waals surface area contributed by atoms with Gasteiger partial charge in [-0.3, -0.25) is 9.88 Å². The number of carbonyl (C=O) groups is 1. The van der Waals surface area contributed by atoms with Gasteiger partial charge in [-0.1, -0.05) is 12.1 Å². The second-order valence-electron chi connectivity index (χ2n) is 8.11. The van der Waals surface area contributed by atoms with Crippen molar-refractivity contribution in [1.82, 2.24) is 9.88 Å². The van der Waals surface area contributed by atoms with Crippen molar-refractivity contribution in [3.05, 3.63) is 35.2 Å². The van der Waals surface area contributed by atoms with E-state index in [-0.39, 0.29) is 18.2 Å². The number of hydrogen-bond acceptors (Lipinski definition) is 3. The quantitative estimate of drug-likeness (QED) is 0.754. The first-order valence-corrected chi connectivity index (χ1v) is 8.90. The standard InChI is InChI=1S/C20H28N2O2/c1-13-9-14(2)18(21-12-13)15-10-16-7-6-8-17(11-15)22(16)19(23)24-20(3,4)5/h9-10,12,16-17H,6-8,11H2,1-5H3. The van der Waals surface area contributed by atoms with Crippen LogP contribution in [0.5, 0.6) is 0 Å². The van der Waals surface area contributed by atoms with Gasteiger partial charge in [0.25, 0.3) is 0 Å². The van der Waals surface area contributed by atoms with Gasteiger partial charge in [0, 0.05) is 12.2 Å². The summed E-state index contributed by atoms with van der Waals surface area (Å²) in [6, 6.07) is 2.53. The van der Waals surface area contributed by atoms with E-state index in [1.165, 1.54) is 23.1 Å². The number of aryl methyl sites for hydroxylation is 2. The van der Waals surface area contributed by atoms with Crippen molar-refractivity contribution in [2.45, 2.75) is 78.0 Å². The van der Waals surface area contributed by atoms with Crippen molar-refractivity contribution in [3.8, 4) is 0 Å². The van der Waals surface area contributed by atoms with Crippen molar-refractivity contribution < 1.29 is 9.53 Å². The number of hydrogen-bond donors (Lipinski definition) is 0. The van der Waals surface area contributed by atoms with Gasteiger partial charge in [-0.25, -0.2) is 4.79 Å². The molecule has 130 valence electrons. The summed E-state index contributed by atoms with van der Waals surface area (Å²) in [6.45, 7) is 9.95. The van der Waals surface area contributed by atoms with Gasteiger partial charge in [-0.05, 0) is 77.0 Å². The third kappa shape index (κ3) is 3.47. The Morgan fingerprint density at radius 2 is 2.04 bits per heavy atom. The lowest BCUT2D eigenvalue weighted by Crippen LogP contribution is -2.53. The van der Waals surface area contributed by atoms with Crippen LogP contribution in [-0.4, -0.2) is 33.7 Å². The molecule has 2 aliphatic heterocycles. The van der Waals surface area contributed by atoms with E-state index in [0.29, 0.717) is 0 Å². The molecule has 1 aromatic heterocycles. The predicted molar refractivity (Wildman–Crippen MR) is 95.8 cm³/mol. The summed E-state index contributed by atoms with van der Waals surface area (Å²) in [5.41, 5.74) is 4.31. The van der Waals surface area contributed by atoms with E-state index in [1.54, 1.807) is 0 Å². The van der Waals surface area contributed by atoms with Crippen molar-refractivity contribution >= 4 is 11.7 Å². The molecule has 2 aliphatic rings. The summed E-state index contributed by atoms with van der Waals surface area (Å²) in [6.07, 6.45) is 8.07. The maximum absolute atomic E-state index is 12.6. The number of fused-ring (bicyclic) bond motifs is 2. The first-order valence-electron chi connectivity index (χ1n) is 8.90. The molecular formula is C20H28N2O2. The van der Waals surface area contributed by atoms with Gasteiger partial charge in [0.05, 0.1) is 11.7 Å². The molecule has 1 amide bonds. The molecule has 4 nitrogen and oxygen atoms in total. The van der Waals surface area contributed by atoms with Crippen LogP contribution in [0.2, 0.25) is 0 Å². The lowest BCUT2D eigenvalue weighted by molar-refractivity contribution is 0.0000671. The Balaban J connectivity index is 1.88. The second-order valence-corrected chi connectivity index (χ2v) is 8.11. The largest absolute Gasteiger partial charge is 0.444 e. The molecule has 0 spiro atoms. The minimum atomic E-state index is -0.454. The minimum Gasteiger partial charge on any atom is -0.444 e. The van der Waals surface area contributed by atoms with Crippen LogP contribution in [0.4, 0.5) is 4.79 Å². The Morgan fingerprint density at radius 3 is 2.67 bits per heavy atom. The molecule has 3 rings (SSSR count). The summed E-state index contributed by atoms with van der Waals surface area (Å²) in [5, 5.41) is 0. The third-order valence-electron chi connectivity index (χ3n) is 4.76. The van der Waals surface area contributed by atoms with E-state index in [2.05, 4.69) is 31.0 Å². The van der Waals surface area contributed by atoms with Gasteiger partial charge in [0.1, 0.15) is 5.60 Å². The highest BCUT2D eigenvalue weighted by atomic mass is 16.6. The van der Waals surface area contributed by atoms with E-state index in [1.807, 2.05) is 31.9 Å². The van der Waals surface area contributed by atoms with Crippen LogP contribution in [0.3, 0.4) is 0 Å². The van der Waals surface area contributed by atoms with Crippen LogP contribution >= 0.6 is 0 Å². The minimum absolute atomic E-state index is 0.129. The molecule has 1 fully saturated rings. The van der Waals surface area contributed by atoms with E-state index >= 15 is 0 Å². The van der Waals surface area contributed by atoms with Crippen LogP contribution in [0.15, 0.2) is 18.3 Å². The third-order valence-corrected chi connectivity index (χ3v) is 4.76. The fourth-order valence-corrected chi connectivity index (χ4v) is 3.86. The lowest BCUT2D eigenvalue weighted by Gasteiger charge is -2.45. The van der Waals surface area contributed by atoms with Crippen LogP contribution < -0.4 is 0 Å².